The predicted molar refractivity (Wildman–Crippen MR) is 117 cm³/mol. The minimum absolute atomic E-state index is 0.00643. The maximum Gasteiger partial charge on any atom is 0.269 e. The second-order valence-electron chi connectivity index (χ2n) is 6.63. The summed E-state index contributed by atoms with van der Waals surface area (Å²) in [5.41, 5.74) is 0.828. The molecule has 2 heterocycles. The highest BCUT2D eigenvalue weighted by atomic mass is 32.2. The van der Waals surface area contributed by atoms with E-state index in [1.165, 1.54) is 47.7 Å². The molecule has 0 radical (unpaired) electrons. The van der Waals surface area contributed by atoms with Crippen LogP contribution >= 0.6 is 11.3 Å². The average molecular weight is 470 g/mol. The Labute approximate surface area is 186 Å². The number of amides is 1. The van der Waals surface area contributed by atoms with Crippen molar-refractivity contribution in [1.82, 2.24) is 4.98 Å². The Morgan fingerprint density at radius 2 is 1.72 bits per heavy atom. The van der Waals surface area contributed by atoms with Gasteiger partial charge in [0.2, 0.25) is 15.7 Å². The van der Waals surface area contributed by atoms with Crippen molar-refractivity contribution in [3.63, 3.8) is 0 Å². The molecule has 32 heavy (non-hydrogen) atoms. The number of hydrogen-bond acceptors (Lipinski definition) is 8. The fourth-order valence-electron chi connectivity index (χ4n) is 2.87. The topological polar surface area (TPSA) is 132 Å². The lowest BCUT2D eigenvalue weighted by atomic mass is 10.3. The lowest BCUT2D eigenvalue weighted by Gasteiger charge is -2.07. The van der Waals surface area contributed by atoms with E-state index < -0.39 is 14.8 Å². The largest absolute Gasteiger partial charge is 0.462 e. The van der Waals surface area contributed by atoms with Gasteiger partial charge >= 0.3 is 0 Å². The second-order valence-corrected chi connectivity index (χ2v) is 9.43. The van der Waals surface area contributed by atoms with E-state index in [0.717, 1.165) is 12.1 Å². The van der Waals surface area contributed by atoms with E-state index in [1.807, 2.05) is 0 Å². The molecule has 0 atom stereocenters. The number of nitrogens with zero attached hydrogens (tertiary/aromatic N) is 2. The lowest BCUT2D eigenvalue weighted by molar-refractivity contribution is -0.384. The number of carbonyl (C=O) groups is 1. The second kappa shape index (κ2) is 8.73. The van der Waals surface area contributed by atoms with Crippen molar-refractivity contribution in [3.8, 4) is 10.8 Å². The van der Waals surface area contributed by atoms with Crippen LogP contribution in [0.2, 0.25) is 0 Å². The number of aromatic nitrogens is 1. The fourth-order valence-corrected chi connectivity index (χ4v) is 4.92. The summed E-state index contributed by atoms with van der Waals surface area (Å²) in [5, 5.41) is 15.9. The van der Waals surface area contributed by atoms with E-state index in [2.05, 4.69) is 10.3 Å². The van der Waals surface area contributed by atoms with Gasteiger partial charge in [0.1, 0.15) is 0 Å². The molecule has 0 fully saturated rings. The van der Waals surface area contributed by atoms with Crippen LogP contribution in [-0.4, -0.2) is 24.2 Å². The molecule has 1 amide bonds. The van der Waals surface area contributed by atoms with Crippen LogP contribution in [0.4, 0.5) is 11.4 Å². The van der Waals surface area contributed by atoms with E-state index >= 15 is 0 Å². The molecular weight excluding hydrogens is 454 g/mol. The van der Waals surface area contributed by atoms with E-state index in [1.54, 1.807) is 23.8 Å². The predicted octanol–water partition coefficient (Wildman–Crippen LogP) is 4.33. The van der Waals surface area contributed by atoms with Crippen molar-refractivity contribution in [1.29, 1.82) is 0 Å². The quantitative estimate of drug-likeness (QED) is 0.315. The fraction of sp³-hybridized carbons (Fsp3) is 0.0476. The Hall–Kier alpha value is -3.83. The molecule has 1 N–H and O–H groups in total. The first-order valence-corrected chi connectivity index (χ1v) is 11.6. The number of nitro groups is 1. The zero-order chi connectivity index (χ0) is 22.7. The first kappa shape index (κ1) is 21.4. The smallest absolute Gasteiger partial charge is 0.269 e. The van der Waals surface area contributed by atoms with Gasteiger partial charge in [-0.3, -0.25) is 14.9 Å². The number of rotatable bonds is 7. The van der Waals surface area contributed by atoms with Crippen molar-refractivity contribution < 1.29 is 22.6 Å². The molecule has 0 saturated heterocycles. The number of furan rings is 1. The van der Waals surface area contributed by atoms with Crippen LogP contribution in [0, 0.1) is 10.1 Å². The molecular formula is C21H15N3O6S2. The van der Waals surface area contributed by atoms with Gasteiger partial charge in [-0.15, -0.1) is 11.3 Å². The zero-order valence-corrected chi connectivity index (χ0v) is 17.9. The molecule has 0 bridgehead atoms. The van der Waals surface area contributed by atoms with E-state index in [0.29, 0.717) is 22.1 Å². The van der Waals surface area contributed by atoms with Gasteiger partial charge in [0.05, 0.1) is 33.1 Å². The van der Waals surface area contributed by atoms with Crippen LogP contribution in [0.25, 0.3) is 10.8 Å². The van der Waals surface area contributed by atoms with Gasteiger partial charge in [-0.05, 0) is 48.5 Å². The van der Waals surface area contributed by atoms with Gasteiger partial charge in [-0.1, -0.05) is 0 Å². The molecule has 0 saturated carbocycles. The van der Waals surface area contributed by atoms with Gasteiger partial charge in [-0.25, -0.2) is 13.4 Å². The normalized spacial score (nSPS) is 11.2. The summed E-state index contributed by atoms with van der Waals surface area (Å²) in [7, 11) is -3.85. The molecule has 0 spiro atoms. The van der Waals surface area contributed by atoms with Crippen molar-refractivity contribution >= 4 is 38.5 Å². The number of non-ortho nitro benzene ring substituents is 1. The third-order valence-electron chi connectivity index (χ3n) is 4.43. The van der Waals surface area contributed by atoms with Crippen molar-refractivity contribution in [2.24, 2.45) is 0 Å². The van der Waals surface area contributed by atoms with Crippen LogP contribution in [0.3, 0.4) is 0 Å². The molecule has 11 heteroatoms. The number of hydrogen-bond donors (Lipinski definition) is 1. The van der Waals surface area contributed by atoms with Crippen LogP contribution in [0.1, 0.15) is 5.69 Å². The molecule has 4 rings (SSSR count). The molecule has 162 valence electrons. The summed E-state index contributed by atoms with van der Waals surface area (Å²) in [6.45, 7) is 0. The highest BCUT2D eigenvalue weighted by molar-refractivity contribution is 7.91. The maximum atomic E-state index is 12.7. The number of nitro benzene ring substituents is 1. The van der Waals surface area contributed by atoms with Gasteiger partial charge in [0, 0.05) is 23.2 Å². The number of nitrogens with one attached hydrogen (secondary N) is 1. The number of carbonyl (C=O) groups excluding carboxylic acids is 1. The number of sulfone groups is 1. The summed E-state index contributed by atoms with van der Waals surface area (Å²) < 4.78 is 30.7. The molecule has 0 unspecified atom stereocenters. The van der Waals surface area contributed by atoms with Gasteiger partial charge < -0.3 is 9.73 Å². The Kier molecular flexibility index (Phi) is 5.84. The minimum Gasteiger partial charge on any atom is -0.462 e. The summed E-state index contributed by atoms with van der Waals surface area (Å²) in [4.78, 5) is 26.8. The molecule has 0 aliphatic rings. The first-order chi connectivity index (χ1) is 15.3. The standard InChI is InChI=1S/C21H15N3O6S2/c25-20(12-15-13-31-21(23-15)19-2-1-11-30-19)22-14-3-7-17(8-4-14)32(28,29)18-9-5-16(6-10-18)24(26)27/h1-11,13H,12H2,(H,22,25). The minimum atomic E-state index is -3.85. The van der Waals surface area contributed by atoms with E-state index in [-0.39, 0.29) is 27.8 Å². The highest BCUT2D eigenvalue weighted by Gasteiger charge is 2.19. The third-order valence-corrected chi connectivity index (χ3v) is 7.12. The van der Waals surface area contributed by atoms with Crippen LogP contribution < -0.4 is 5.32 Å². The summed E-state index contributed by atoms with van der Waals surface area (Å²) in [6, 6.07) is 13.9. The molecule has 0 aliphatic heterocycles. The Morgan fingerprint density at radius 1 is 1.06 bits per heavy atom. The zero-order valence-electron chi connectivity index (χ0n) is 16.3. The monoisotopic (exact) mass is 469 g/mol. The van der Waals surface area contributed by atoms with Gasteiger partial charge in [0.25, 0.3) is 5.69 Å². The Balaban J connectivity index is 1.42. The van der Waals surface area contributed by atoms with Gasteiger partial charge in [0.15, 0.2) is 10.8 Å². The van der Waals surface area contributed by atoms with E-state index in [4.69, 9.17) is 4.42 Å². The number of anilines is 1. The molecule has 9 nitrogen and oxygen atoms in total. The SMILES string of the molecule is O=C(Cc1csc(-c2ccco2)n1)Nc1ccc(S(=O)(=O)c2ccc([N+](=O)[O-])cc2)cc1. The van der Waals surface area contributed by atoms with E-state index in [9.17, 15) is 23.3 Å². The maximum absolute atomic E-state index is 12.7. The Morgan fingerprint density at radius 3 is 2.31 bits per heavy atom. The highest BCUT2D eigenvalue weighted by Crippen LogP contribution is 2.26. The van der Waals surface area contributed by atoms with Crippen LogP contribution in [0.5, 0.6) is 0 Å². The Bertz CT molecular complexity index is 1360. The first-order valence-electron chi connectivity index (χ1n) is 9.21. The van der Waals surface area contributed by atoms with Crippen molar-refractivity contribution in [3.05, 3.63) is 88.1 Å². The summed E-state index contributed by atoms with van der Waals surface area (Å²) in [6.07, 6.45) is 1.61. The lowest BCUT2D eigenvalue weighted by Crippen LogP contribution is -2.14. The third kappa shape index (κ3) is 4.58. The molecule has 4 aromatic rings. The summed E-state index contributed by atoms with van der Waals surface area (Å²) >= 11 is 1.37. The number of thiazole rings is 1. The molecule has 2 aromatic carbocycles. The van der Waals surface area contributed by atoms with Crippen LogP contribution in [0.15, 0.2) is 86.5 Å². The van der Waals surface area contributed by atoms with Crippen molar-refractivity contribution in [2.75, 3.05) is 5.32 Å². The van der Waals surface area contributed by atoms with Crippen molar-refractivity contribution in [2.45, 2.75) is 16.2 Å². The van der Waals surface area contributed by atoms with Crippen LogP contribution in [-0.2, 0) is 21.1 Å². The average Bonchev–Trinajstić information content (AvgIpc) is 3.46. The van der Waals surface area contributed by atoms with Gasteiger partial charge in [-0.2, -0.15) is 0 Å². The molecule has 2 aromatic heterocycles. The number of benzene rings is 2. The molecule has 0 aliphatic carbocycles. The summed E-state index contributed by atoms with van der Waals surface area (Å²) in [5.74, 6) is 0.332.